The summed E-state index contributed by atoms with van der Waals surface area (Å²) < 4.78 is -0.878. The van der Waals surface area contributed by atoms with Crippen molar-refractivity contribution in [2.75, 3.05) is 0 Å². The van der Waals surface area contributed by atoms with Crippen molar-refractivity contribution in [3.05, 3.63) is 35.9 Å². The van der Waals surface area contributed by atoms with Gasteiger partial charge in [0.2, 0.25) is 4.46 Å². The predicted molar refractivity (Wildman–Crippen MR) is 56.1 cm³/mol. The van der Waals surface area contributed by atoms with Crippen LogP contribution in [-0.4, -0.2) is 14.9 Å². The second-order valence-corrected chi connectivity index (χ2v) is 4.80. The molecule has 0 N–H and O–H groups in total. The van der Waals surface area contributed by atoms with Gasteiger partial charge in [0.1, 0.15) is 5.50 Å². The van der Waals surface area contributed by atoms with E-state index in [2.05, 4.69) is 0 Å². The molecule has 0 amide bonds. The molecule has 0 radical (unpaired) electrons. The molecule has 0 aliphatic carbocycles. The average molecular weight is 237 g/mol. The number of rotatable bonds is 2. The van der Waals surface area contributed by atoms with Crippen LogP contribution in [0, 0.1) is 0 Å². The summed E-state index contributed by atoms with van der Waals surface area (Å²) in [4.78, 5) is 1.81. The average Bonchev–Trinajstić information content (AvgIpc) is 2.57. The second kappa shape index (κ2) is 3.32. The van der Waals surface area contributed by atoms with E-state index in [-0.39, 0.29) is 5.50 Å². The van der Waals surface area contributed by atoms with Gasteiger partial charge < -0.3 is 0 Å². The van der Waals surface area contributed by atoms with Crippen LogP contribution in [-0.2, 0) is 6.54 Å². The molecule has 1 aromatic carbocycles. The summed E-state index contributed by atoms with van der Waals surface area (Å²) in [6.45, 7) is 0.696. The maximum atomic E-state index is 5.87. The first-order valence-electron chi connectivity index (χ1n) is 3.95. The van der Waals surface area contributed by atoms with Gasteiger partial charge in [0.25, 0.3) is 0 Å². The van der Waals surface area contributed by atoms with Crippen molar-refractivity contribution in [1.29, 1.82) is 0 Å². The molecule has 70 valence electrons. The molecule has 1 fully saturated rings. The van der Waals surface area contributed by atoms with Crippen molar-refractivity contribution >= 4 is 34.8 Å². The van der Waals surface area contributed by atoms with Gasteiger partial charge in [-0.2, -0.15) is 0 Å². The van der Waals surface area contributed by atoms with Crippen molar-refractivity contribution in [2.45, 2.75) is 16.5 Å². The zero-order valence-corrected chi connectivity index (χ0v) is 9.02. The maximum Gasteiger partial charge on any atom is 0.202 e. The molecule has 1 aromatic rings. The zero-order valence-electron chi connectivity index (χ0n) is 6.75. The Morgan fingerprint density at radius 1 is 1.23 bits per heavy atom. The van der Waals surface area contributed by atoms with Crippen LogP contribution in [0.15, 0.2) is 30.3 Å². The summed E-state index contributed by atoms with van der Waals surface area (Å²) in [7, 11) is 0. The largest absolute Gasteiger partial charge is 0.245 e. The van der Waals surface area contributed by atoms with Crippen molar-refractivity contribution in [2.24, 2.45) is 0 Å². The monoisotopic (exact) mass is 235 g/mol. The molecule has 2 unspecified atom stereocenters. The van der Waals surface area contributed by atoms with E-state index in [1.165, 1.54) is 0 Å². The molecule has 1 saturated heterocycles. The molecule has 13 heavy (non-hydrogen) atoms. The molecule has 1 nitrogen and oxygen atoms in total. The normalized spacial score (nSPS) is 30.1. The summed E-state index contributed by atoms with van der Waals surface area (Å²) in [5, 5.41) is 0. The Labute approximate surface area is 92.2 Å². The lowest BCUT2D eigenvalue weighted by atomic mass is 10.2. The lowest BCUT2D eigenvalue weighted by molar-refractivity contribution is 0.517. The Morgan fingerprint density at radius 2 is 1.77 bits per heavy atom. The molecule has 4 heteroatoms. The fourth-order valence-corrected chi connectivity index (χ4v) is 2.07. The van der Waals surface area contributed by atoms with Crippen LogP contribution in [0.1, 0.15) is 5.56 Å². The van der Waals surface area contributed by atoms with Crippen LogP contribution in [0.5, 0.6) is 0 Å². The highest BCUT2D eigenvalue weighted by atomic mass is 35.5. The summed E-state index contributed by atoms with van der Waals surface area (Å²) in [6.07, 6.45) is 0. The Bertz CT molecular complexity index is 299. The second-order valence-electron chi connectivity index (χ2n) is 3.04. The minimum absolute atomic E-state index is 0.268. The Hall–Kier alpha value is 0.0500. The first-order valence-corrected chi connectivity index (χ1v) is 5.14. The highest BCUT2D eigenvalue weighted by molar-refractivity contribution is 6.55. The maximum absolute atomic E-state index is 5.87. The van der Waals surface area contributed by atoms with Gasteiger partial charge in [-0.3, -0.25) is 0 Å². The van der Waals surface area contributed by atoms with Gasteiger partial charge in [-0.1, -0.05) is 53.5 Å². The molecular formula is C9H8Cl3N. The summed E-state index contributed by atoms with van der Waals surface area (Å²) in [6, 6.07) is 9.97. The van der Waals surface area contributed by atoms with Crippen LogP contribution < -0.4 is 0 Å². The smallest absolute Gasteiger partial charge is 0.202 e. The topological polar surface area (TPSA) is 3.01 Å². The van der Waals surface area contributed by atoms with Gasteiger partial charge in [-0.15, -0.1) is 11.6 Å². The van der Waals surface area contributed by atoms with Crippen molar-refractivity contribution in [3.63, 3.8) is 0 Å². The summed E-state index contributed by atoms with van der Waals surface area (Å²) >= 11 is 17.6. The first-order chi connectivity index (χ1) is 6.12. The Balaban J connectivity index is 2.02. The SMILES string of the molecule is ClC1N(Cc2ccccc2)C1(Cl)Cl. The third-order valence-electron chi connectivity index (χ3n) is 2.07. The lowest BCUT2D eigenvalue weighted by Crippen LogP contribution is -2.03. The first kappa shape index (κ1) is 9.60. The van der Waals surface area contributed by atoms with Gasteiger partial charge in [0.15, 0.2) is 0 Å². The molecule has 2 rings (SSSR count). The van der Waals surface area contributed by atoms with E-state index in [0.717, 1.165) is 5.56 Å². The Kier molecular flexibility index (Phi) is 2.45. The van der Waals surface area contributed by atoms with E-state index in [9.17, 15) is 0 Å². The summed E-state index contributed by atoms with van der Waals surface area (Å²) in [5.74, 6) is 0. The van der Waals surface area contributed by atoms with Crippen molar-refractivity contribution < 1.29 is 0 Å². The zero-order chi connectivity index (χ0) is 9.47. The van der Waals surface area contributed by atoms with E-state index < -0.39 is 4.46 Å². The van der Waals surface area contributed by atoms with E-state index in [4.69, 9.17) is 34.8 Å². The van der Waals surface area contributed by atoms with Crippen LogP contribution in [0.3, 0.4) is 0 Å². The van der Waals surface area contributed by atoms with Gasteiger partial charge in [0.05, 0.1) is 0 Å². The minimum Gasteiger partial charge on any atom is -0.245 e. The van der Waals surface area contributed by atoms with Crippen LogP contribution in [0.4, 0.5) is 0 Å². The number of alkyl halides is 3. The molecule has 2 atom stereocenters. The third kappa shape index (κ3) is 1.79. The fourth-order valence-electron chi connectivity index (χ4n) is 1.22. The highest BCUT2D eigenvalue weighted by Crippen LogP contribution is 2.51. The number of nitrogens with zero attached hydrogens (tertiary/aromatic N) is 1. The molecule has 0 aromatic heterocycles. The molecule has 1 aliphatic heterocycles. The van der Waals surface area contributed by atoms with Crippen molar-refractivity contribution in [1.82, 2.24) is 4.90 Å². The third-order valence-corrected chi connectivity index (χ3v) is 3.69. The van der Waals surface area contributed by atoms with Crippen LogP contribution in [0.2, 0.25) is 0 Å². The number of hydrogen-bond acceptors (Lipinski definition) is 1. The molecular weight excluding hydrogens is 228 g/mol. The van der Waals surface area contributed by atoms with Crippen LogP contribution in [0.25, 0.3) is 0 Å². The molecule has 0 spiro atoms. The molecule has 1 aliphatic rings. The standard InChI is InChI=1S/C9H8Cl3N/c10-8-9(11,12)13(8)6-7-4-2-1-3-5-7/h1-5,8H,6H2. The summed E-state index contributed by atoms with van der Waals surface area (Å²) in [5.41, 5.74) is 0.896. The number of benzene rings is 1. The minimum atomic E-state index is -0.878. The molecule has 0 saturated carbocycles. The molecule has 1 heterocycles. The van der Waals surface area contributed by atoms with E-state index in [1.807, 2.05) is 35.2 Å². The quantitative estimate of drug-likeness (QED) is 0.433. The number of halogens is 3. The van der Waals surface area contributed by atoms with Gasteiger partial charge in [0, 0.05) is 6.54 Å². The van der Waals surface area contributed by atoms with Gasteiger partial charge in [-0.05, 0) is 5.56 Å². The molecule has 0 bridgehead atoms. The van der Waals surface area contributed by atoms with Crippen LogP contribution >= 0.6 is 34.8 Å². The van der Waals surface area contributed by atoms with E-state index in [0.29, 0.717) is 6.54 Å². The van der Waals surface area contributed by atoms with E-state index >= 15 is 0 Å². The van der Waals surface area contributed by atoms with Crippen molar-refractivity contribution in [3.8, 4) is 0 Å². The van der Waals surface area contributed by atoms with Gasteiger partial charge >= 0.3 is 0 Å². The lowest BCUT2D eigenvalue weighted by Gasteiger charge is -2.02. The van der Waals surface area contributed by atoms with Gasteiger partial charge in [-0.25, -0.2) is 4.90 Å². The fraction of sp³-hybridized carbons (Fsp3) is 0.333. The number of hydrogen-bond donors (Lipinski definition) is 0. The highest BCUT2D eigenvalue weighted by Gasteiger charge is 2.60. The predicted octanol–water partition coefficient (Wildman–Crippen LogP) is 3.20. The Morgan fingerprint density at radius 3 is 2.23 bits per heavy atom. The van der Waals surface area contributed by atoms with E-state index in [1.54, 1.807) is 0 Å².